The molecule has 0 saturated heterocycles. The molecule has 94 valence electrons. The van der Waals surface area contributed by atoms with Gasteiger partial charge in [-0.15, -0.1) is 0 Å². The van der Waals surface area contributed by atoms with Crippen molar-refractivity contribution in [2.75, 3.05) is 45.8 Å². The Labute approximate surface area is 99.3 Å². The van der Waals surface area contributed by atoms with Gasteiger partial charge in [-0.25, -0.2) is 0 Å². The minimum absolute atomic E-state index is 0.964. The summed E-state index contributed by atoms with van der Waals surface area (Å²) in [7, 11) is 0. The molecule has 0 radical (unpaired) electrons. The maximum Gasteiger partial charge on any atom is 0.0153 e. The Kier molecular flexibility index (Phi) is 9.21. The summed E-state index contributed by atoms with van der Waals surface area (Å²) in [5, 5.41) is 13.6. The first-order valence-corrected chi connectivity index (χ1v) is 6.51. The van der Waals surface area contributed by atoms with Crippen molar-refractivity contribution in [3.63, 3.8) is 0 Å². The van der Waals surface area contributed by atoms with Gasteiger partial charge in [-0.1, -0.05) is 6.08 Å². The highest BCUT2D eigenvalue weighted by atomic mass is 14.9. The molecule has 0 aromatic rings. The van der Waals surface area contributed by atoms with Crippen LogP contribution in [0.2, 0.25) is 0 Å². The highest BCUT2D eigenvalue weighted by Crippen LogP contribution is 1.80. The summed E-state index contributed by atoms with van der Waals surface area (Å²) in [5.74, 6) is 0. The van der Waals surface area contributed by atoms with Gasteiger partial charge in [-0.05, 0) is 58.2 Å². The molecule has 0 aromatic heterocycles. The summed E-state index contributed by atoms with van der Waals surface area (Å²) in [6.45, 7) is 7.60. The Morgan fingerprint density at radius 2 is 1.19 bits per heavy atom. The van der Waals surface area contributed by atoms with Crippen LogP contribution < -0.4 is 21.3 Å². The van der Waals surface area contributed by atoms with Crippen molar-refractivity contribution < 1.29 is 0 Å². The molecule has 1 rings (SSSR count). The zero-order chi connectivity index (χ0) is 11.3. The summed E-state index contributed by atoms with van der Waals surface area (Å²) in [5.41, 5.74) is 0. The molecule has 4 heteroatoms. The lowest BCUT2D eigenvalue weighted by Crippen LogP contribution is -2.27. The van der Waals surface area contributed by atoms with E-state index in [-0.39, 0.29) is 0 Å². The fourth-order valence-electron chi connectivity index (χ4n) is 1.65. The molecule has 1 heterocycles. The van der Waals surface area contributed by atoms with Gasteiger partial charge in [0.25, 0.3) is 0 Å². The third-order valence-corrected chi connectivity index (χ3v) is 2.59. The molecule has 16 heavy (non-hydrogen) atoms. The quantitative estimate of drug-likeness (QED) is 0.471. The standard InChI is InChI=1S/C12H26N4/c1-5-13-7-2-9-15-11-4-12-16-10-3-8-14-6-1/h1,5,13-16H,2-4,6-12H2. The van der Waals surface area contributed by atoms with Crippen LogP contribution in [0.1, 0.15) is 19.3 Å². The summed E-state index contributed by atoms with van der Waals surface area (Å²) in [6, 6.07) is 0. The molecule has 0 bridgehead atoms. The molecule has 0 aliphatic carbocycles. The largest absolute Gasteiger partial charge is 0.391 e. The first-order valence-electron chi connectivity index (χ1n) is 6.51. The molecule has 0 spiro atoms. The van der Waals surface area contributed by atoms with Crippen LogP contribution in [-0.4, -0.2) is 45.8 Å². The highest BCUT2D eigenvalue weighted by Gasteiger charge is 1.91. The second kappa shape index (κ2) is 10.9. The van der Waals surface area contributed by atoms with Crippen molar-refractivity contribution in [1.29, 1.82) is 0 Å². The molecule has 0 fully saturated rings. The van der Waals surface area contributed by atoms with Crippen LogP contribution in [-0.2, 0) is 0 Å². The number of rotatable bonds is 0. The van der Waals surface area contributed by atoms with E-state index in [1.807, 2.05) is 0 Å². The van der Waals surface area contributed by atoms with Gasteiger partial charge >= 0.3 is 0 Å². The van der Waals surface area contributed by atoms with Crippen LogP contribution in [0.25, 0.3) is 0 Å². The fourth-order valence-corrected chi connectivity index (χ4v) is 1.65. The van der Waals surface area contributed by atoms with E-state index in [4.69, 9.17) is 0 Å². The normalized spacial score (nSPS) is 22.5. The van der Waals surface area contributed by atoms with Crippen molar-refractivity contribution in [1.82, 2.24) is 21.3 Å². The van der Waals surface area contributed by atoms with Gasteiger partial charge in [-0.3, -0.25) is 0 Å². The molecule has 1 aliphatic rings. The monoisotopic (exact) mass is 226 g/mol. The van der Waals surface area contributed by atoms with Crippen molar-refractivity contribution in [2.45, 2.75) is 19.3 Å². The first kappa shape index (κ1) is 13.5. The third-order valence-electron chi connectivity index (χ3n) is 2.59. The number of hydrogen-bond acceptors (Lipinski definition) is 4. The van der Waals surface area contributed by atoms with E-state index in [2.05, 4.69) is 33.5 Å². The minimum Gasteiger partial charge on any atom is -0.391 e. The lowest BCUT2D eigenvalue weighted by atomic mass is 10.3. The van der Waals surface area contributed by atoms with Crippen molar-refractivity contribution in [2.24, 2.45) is 0 Å². The van der Waals surface area contributed by atoms with Crippen molar-refractivity contribution in [3.05, 3.63) is 12.3 Å². The summed E-state index contributed by atoms with van der Waals surface area (Å²) in [6.07, 6.45) is 7.81. The lowest BCUT2D eigenvalue weighted by Gasteiger charge is -2.08. The second-order valence-electron chi connectivity index (χ2n) is 4.12. The van der Waals surface area contributed by atoms with Crippen LogP contribution in [0, 0.1) is 0 Å². The van der Waals surface area contributed by atoms with Gasteiger partial charge < -0.3 is 21.3 Å². The summed E-state index contributed by atoms with van der Waals surface area (Å²) < 4.78 is 0. The molecule has 0 atom stereocenters. The van der Waals surface area contributed by atoms with Gasteiger partial charge in [-0.2, -0.15) is 0 Å². The van der Waals surface area contributed by atoms with E-state index in [0.29, 0.717) is 0 Å². The predicted octanol–water partition coefficient (Wildman–Crippen LogP) is 0.0424. The average Bonchev–Trinajstić information content (AvgIpc) is 2.29. The van der Waals surface area contributed by atoms with E-state index in [0.717, 1.165) is 45.8 Å². The molecule has 4 nitrogen and oxygen atoms in total. The molecule has 0 unspecified atom stereocenters. The summed E-state index contributed by atoms with van der Waals surface area (Å²) >= 11 is 0. The molecule has 0 amide bonds. The Bertz CT molecular complexity index is 152. The Morgan fingerprint density at radius 3 is 1.88 bits per heavy atom. The van der Waals surface area contributed by atoms with Crippen LogP contribution >= 0.6 is 0 Å². The van der Waals surface area contributed by atoms with Gasteiger partial charge in [0, 0.05) is 13.1 Å². The molecule has 4 N–H and O–H groups in total. The van der Waals surface area contributed by atoms with E-state index in [9.17, 15) is 0 Å². The Balaban J connectivity index is 2.07. The predicted molar refractivity (Wildman–Crippen MR) is 69.6 cm³/mol. The van der Waals surface area contributed by atoms with Crippen LogP contribution in [0.4, 0.5) is 0 Å². The van der Waals surface area contributed by atoms with E-state index in [1.165, 1.54) is 19.3 Å². The highest BCUT2D eigenvalue weighted by molar-refractivity contribution is 4.81. The van der Waals surface area contributed by atoms with Gasteiger partial charge in [0.1, 0.15) is 0 Å². The van der Waals surface area contributed by atoms with Gasteiger partial charge in [0.05, 0.1) is 0 Å². The number of hydrogen-bond donors (Lipinski definition) is 4. The van der Waals surface area contributed by atoms with E-state index >= 15 is 0 Å². The smallest absolute Gasteiger partial charge is 0.0153 e. The molecule has 0 saturated carbocycles. The maximum atomic E-state index is 3.46. The van der Waals surface area contributed by atoms with E-state index in [1.54, 1.807) is 0 Å². The molecular weight excluding hydrogens is 200 g/mol. The average molecular weight is 226 g/mol. The third kappa shape index (κ3) is 8.71. The van der Waals surface area contributed by atoms with Crippen LogP contribution in [0.3, 0.4) is 0 Å². The Morgan fingerprint density at radius 1 is 0.625 bits per heavy atom. The van der Waals surface area contributed by atoms with Gasteiger partial charge in [0.2, 0.25) is 0 Å². The van der Waals surface area contributed by atoms with Crippen LogP contribution in [0.15, 0.2) is 12.3 Å². The maximum absolute atomic E-state index is 3.46. The molecule has 1 aliphatic heterocycles. The topological polar surface area (TPSA) is 48.1 Å². The zero-order valence-corrected chi connectivity index (χ0v) is 10.2. The minimum atomic E-state index is 0.964. The lowest BCUT2D eigenvalue weighted by molar-refractivity contribution is 0.562. The first-order chi connectivity index (χ1) is 8.00. The second-order valence-corrected chi connectivity index (χ2v) is 4.12. The SMILES string of the molecule is C1=CNCCCNCCCNCCCNC1. The van der Waals surface area contributed by atoms with Crippen molar-refractivity contribution in [3.8, 4) is 0 Å². The van der Waals surface area contributed by atoms with Crippen LogP contribution in [0.5, 0.6) is 0 Å². The summed E-state index contributed by atoms with van der Waals surface area (Å²) in [4.78, 5) is 0. The number of nitrogens with one attached hydrogen (secondary N) is 4. The Hall–Kier alpha value is -0.580. The van der Waals surface area contributed by atoms with Gasteiger partial charge in [0.15, 0.2) is 0 Å². The zero-order valence-electron chi connectivity index (χ0n) is 10.2. The van der Waals surface area contributed by atoms with E-state index < -0.39 is 0 Å². The fraction of sp³-hybridized carbons (Fsp3) is 0.833. The molecule has 0 aromatic carbocycles. The molecular formula is C12H26N4. The van der Waals surface area contributed by atoms with Crippen molar-refractivity contribution >= 4 is 0 Å².